The Bertz CT molecular complexity index is 1430. The minimum absolute atomic E-state index is 0.0859. The lowest BCUT2D eigenvalue weighted by molar-refractivity contribution is -0.149. The quantitative estimate of drug-likeness (QED) is 0.219. The van der Waals surface area contributed by atoms with Crippen molar-refractivity contribution < 1.29 is 24.2 Å². The van der Waals surface area contributed by atoms with Gasteiger partial charge in [-0.1, -0.05) is 80.2 Å². The average Bonchev–Trinajstić information content (AvgIpc) is 2.98. The topological polar surface area (TPSA) is 108 Å². The first-order chi connectivity index (χ1) is 20.7. The van der Waals surface area contributed by atoms with E-state index in [0.717, 1.165) is 11.1 Å². The monoisotopic (exact) mass is 599 g/mol. The van der Waals surface area contributed by atoms with Crippen molar-refractivity contribution in [2.45, 2.75) is 84.2 Å². The minimum Gasteiger partial charge on any atom is -0.508 e. The Balaban J connectivity index is 2.12. The molecular weight excluding hydrogens is 554 g/mol. The van der Waals surface area contributed by atoms with Crippen LogP contribution in [0.5, 0.6) is 5.75 Å². The number of hydrogen-bond donors (Lipinski definition) is 3. The first-order valence-electron chi connectivity index (χ1n) is 14.9. The van der Waals surface area contributed by atoms with Crippen molar-refractivity contribution in [1.29, 1.82) is 0 Å². The number of hydrogen-bond acceptors (Lipinski definition) is 5. The fourth-order valence-corrected chi connectivity index (χ4v) is 4.79. The molecule has 0 aliphatic heterocycles. The number of carbonyl (C=O) groups excluding carboxylic acids is 3. The van der Waals surface area contributed by atoms with E-state index in [1.807, 2.05) is 75.4 Å². The van der Waals surface area contributed by atoms with Gasteiger partial charge in [0.15, 0.2) is 0 Å². The summed E-state index contributed by atoms with van der Waals surface area (Å²) in [5, 5.41) is 15.6. The molecule has 0 aliphatic carbocycles. The van der Waals surface area contributed by atoms with Crippen LogP contribution in [0.1, 0.15) is 76.3 Å². The third-order valence-electron chi connectivity index (χ3n) is 7.40. The fourth-order valence-electron chi connectivity index (χ4n) is 4.79. The molecule has 0 saturated carbocycles. The van der Waals surface area contributed by atoms with Gasteiger partial charge in [-0.2, -0.15) is 0 Å². The van der Waals surface area contributed by atoms with Crippen LogP contribution in [0.2, 0.25) is 0 Å². The van der Waals surface area contributed by atoms with Gasteiger partial charge in [-0.3, -0.25) is 9.59 Å². The van der Waals surface area contributed by atoms with Gasteiger partial charge in [0, 0.05) is 18.5 Å². The largest absolute Gasteiger partial charge is 0.508 e. The third kappa shape index (κ3) is 9.46. The van der Waals surface area contributed by atoms with Crippen LogP contribution in [-0.4, -0.2) is 45.1 Å². The SMILES string of the molecule is C=Cc1cccc(C(C(=O)NCc2ccccc2)N(C(=O)C(Cc2ccc(O)cc2)NC(=O)OC(C)(C)C)C(C)(C)CC)c1. The van der Waals surface area contributed by atoms with E-state index < -0.39 is 35.2 Å². The van der Waals surface area contributed by atoms with Gasteiger partial charge < -0.3 is 25.4 Å². The van der Waals surface area contributed by atoms with Gasteiger partial charge in [-0.25, -0.2) is 4.79 Å². The van der Waals surface area contributed by atoms with Crippen LogP contribution >= 0.6 is 0 Å². The number of aromatic hydroxyl groups is 1. The van der Waals surface area contributed by atoms with E-state index in [2.05, 4.69) is 17.2 Å². The molecule has 3 rings (SSSR count). The molecule has 0 heterocycles. The van der Waals surface area contributed by atoms with Crippen LogP contribution in [0.3, 0.4) is 0 Å². The van der Waals surface area contributed by atoms with Crippen LogP contribution in [-0.2, 0) is 27.3 Å². The van der Waals surface area contributed by atoms with Crippen LogP contribution in [0.15, 0.2) is 85.4 Å². The van der Waals surface area contributed by atoms with Crippen molar-refractivity contribution in [3.8, 4) is 5.75 Å². The summed E-state index contributed by atoms with van der Waals surface area (Å²) in [6.07, 6.45) is 1.58. The van der Waals surface area contributed by atoms with Gasteiger partial charge in [0.05, 0.1) is 0 Å². The highest BCUT2D eigenvalue weighted by atomic mass is 16.6. The van der Waals surface area contributed by atoms with E-state index in [1.165, 1.54) is 12.1 Å². The molecule has 0 radical (unpaired) electrons. The van der Waals surface area contributed by atoms with E-state index in [-0.39, 0.29) is 24.6 Å². The maximum atomic E-state index is 14.8. The summed E-state index contributed by atoms with van der Waals surface area (Å²) in [6.45, 7) is 15.2. The van der Waals surface area contributed by atoms with Crippen LogP contribution < -0.4 is 10.6 Å². The maximum absolute atomic E-state index is 14.8. The van der Waals surface area contributed by atoms with Gasteiger partial charge >= 0.3 is 6.09 Å². The van der Waals surface area contributed by atoms with Gasteiger partial charge in [-0.05, 0) is 81.5 Å². The van der Waals surface area contributed by atoms with Crippen molar-refractivity contribution >= 4 is 24.0 Å². The number of alkyl carbamates (subject to hydrolysis) is 1. The van der Waals surface area contributed by atoms with E-state index in [4.69, 9.17) is 4.74 Å². The number of phenolic OH excluding ortho intramolecular Hbond substituents is 1. The van der Waals surface area contributed by atoms with Gasteiger partial charge in [-0.15, -0.1) is 0 Å². The number of carbonyl (C=O) groups is 3. The summed E-state index contributed by atoms with van der Waals surface area (Å²) in [6, 6.07) is 21.3. The lowest BCUT2D eigenvalue weighted by Gasteiger charge is -2.44. The zero-order valence-electron chi connectivity index (χ0n) is 26.6. The highest BCUT2D eigenvalue weighted by molar-refractivity contribution is 5.93. The number of phenols is 1. The first-order valence-corrected chi connectivity index (χ1v) is 14.9. The summed E-state index contributed by atoms with van der Waals surface area (Å²) in [4.78, 5) is 43.6. The summed E-state index contributed by atoms with van der Waals surface area (Å²) >= 11 is 0. The summed E-state index contributed by atoms with van der Waals surface area (Å²) in [7, 11) is 0. The molecule has 234 valence electrons. The molecule has 8 heteroatoms. The van der Waals surface area contributed by atoms with Crippen LogP contribution in [0.4, 0.5) is 4.79 Å². The smallest absolute Gasteiger partial charge is 0.408 e. The van der Waals surface area contributed by atoms with E-state index in [9.17, 15) is 19.5 Å². The second-order valence-corrected chi connectivity index (χ2v) is 12.4. The Morgan fingerprint density at radius 2 is 1.59 bits per heavy atom. The number of ether oxygens (including phenoxy) is 1. The predicted octanol–water partition coefficient (Wildman–Crippen LogP) is 6.55. The molecule has 0 bridgehead atoms. The van der Waals surface area contributed by atoms with Crippen molar-refractivity contribution in [2.24, 2.45) is 0 Å². The first kappa shape index (κ1) is 33.9. The Labute approximate surface area is 261 Å². The zero-order valence-corrected chi connectivity index (χ0v) is 26.6. The maximum Gasteiger partial charge on any atom is 0.408 e. The van der Waals surface area contributed by atoms with Crippen LogP contribution in [0, 0.1) is 0 Å². The van der Waals surface area contributed by atoms with Crippen molar-refractivity contribution in [3.05, 3.63) is 108 Å². The number of rotatable bonds is 12. The minimum atomic E-state index is -1.08. The standard InChI is InChI=1S/C36H45N3O5/c1-8-25-16-13-17-28(22-25)31(32(41)37-24-27-14-11-10-12-15-27)39(36(6,7)9-2)33(42)30(38-34(43)44-35(3,4)5)23-26-18-20-29(40)21-19-26/h8,10-22,30-31,40H,1,9,23-24H2,2-7H3,(H,37,41)(H,38,43). The molecule has 0 fully saturated rings. The zero-order chi connectivity index (χ0) is 32.5. The van der Waals surface area contributed by atoms with Crippen molar-refractivity contribution in [1.82, 2.24) is 15.5 Å². The predicted molar refractivity (Wildman–Crippen MR) is 174 cm³/mol. The Morgan fingerprint density at radius 1 is 0.932 bits per heavy atom. The van der Waals surface area contributed by atoms with Gasteiger partial charge in [0.1, 0.15) is 23.4 Å². The molecule has 0 saturated heterocycles. The molecule has 3 amide bonds. The average molecular weight is 600 g/mol. The summed E-state index contributed by atoms with van der Waals surface area (Å²) < 4.78 is 5.53. The summed E-state index contributed by atoms with van der Waals surface area (Å²) in [5.41, 5.74) is 1.46. The Kier molecular flexibility index (Phi) is 11.4. The number of nitrogens with one attached hydrogen (secondary N) is 2. The molecular formula is C36H45N3O5. The highest BCUT2D eigenvalue weighted by Gasteiger charge is 2.43. The second-order valence-electron chi connectivity index (χ2n) is 12.4. The molecule has 2 atom stereocenters. The Hall–Kier alpha value is -4.59. The lowest BCUT2D eigenvalue weighted by Crippen LogP contribution is -2.59. The molecule has 0 aliphatic rings. The van der Waals surface area contributed by atoms with E-state index in [0.29, 0.717) is 17.5 Å². The van der Waals surface area contributed by atoms with Gasteiger partial charge in [0.25, 0.3) is 0 Å². The van der Waals surface area contributed by atoms with E-state index in [1.54, 1.807) is 43.9 Å². The Morgan fingerprint density at radius 3 is 2.18 bits per heavy atom. The highest BCUT2D eigenvalue weighted by Crippen LogP contribution is 2.33. The lowest BCUT2D eigenvalue weighted by atomic mass is 9.90. The number of nitrogens with zero attached hydrogens (tertiary/aromatic N) is 1. The molecule has 8 nitrogen and oxygen atoms in total. The molecule has 3 aromatic rings. The molecule has 2 unspecified atom stereocenters. The summed E-state index contributed by atoms with van der Waals surface area (Å²) in [5.74, 6) is -0.715. The van der Waals surface area contributed by atoms with Gasteiger partial charge in [0.2, 0.25) is 11.8 Å². The molecule has 0 aromatic heterocycles. The fraction of sp³-hybridized carbons (Fsp3) is 0.361. The molecule has 44 heavy (non-hydrogen) atoms. The molecule has 3 N–H and O–H groups in total. The number of amides is 3. The molecule has 3 aromatic carbocycles. The number of benzene rings is 3. The van der Waals surface area contributed by atoms with Crippen LogP contribution in [0.25, 0.3) is 6.08 Å². The second kappa shape index (κ2) is 14.7. The third-order valence-corrected chi connectivity index (χ3v) is 7.40. The van der Waals surface area contributed by atoms with E-state index >= 15 is 0 Å². The van der Waals surface area contributed by atoms with Crippen molar-refractivity contribution in [3.63, 3.8) is 0 Å². The normalized spacial score (nSPS) is 12.9. The van der Waals surface area contributed by atoms with Crippen molar-refractivity contribution in [2.75, 3.05) is 0 Å². The molecule has 0 spiro atoms.